The van der Waals surface area contributed by atoms with Gasteiger partial charge in [0.15, 0.2) is 5.78 Å². The van der Waals surface area contributed by atoms with Crippen molar-refractivity contribution in [3.63, 3.8) is 0 Å². The molecule has 0 aromatic heterocycles. The van der Waals surface area contributed by atoms with Gasteiger partial charge < -0.3 is 15.3 Å². The first-order valence-electron chi connectivity index (χ1n) is 8.53. The van der Waals surface area contributed by atoms with Crippen LogP contribution < -0.4 is 0 Å². The van der Waals surface area contributed by atoms with Crippen LogP contribution in [0.2, 0.25) is 0 Å². The summed E-state index contributed by atoms with van der Waals surface area (Å²) in [5, 5.41) is 31.9. The first kappa shape index (κ1) is 17.9. The van der Waals surface area contributed by atoms with Crippen LogP contribution in [-0.2, 0) is 0 Å². The van der Waals surface area contributed by atoms with Crippen LogP contribution in [-0.4, -0.2) is 33.3 Å². The zero-order chi connectivity index (χ0) is 18.0. The largest absolute Gasteiger partial charge is 0.506 e. The zero-order valence-electron chi connectivity index (χ0n) is 14.5. The Hall–Kier alpha value is -0.910. The van der Waals surface area contributed by atoms with Gasteiger partial charge in [-0.05, 0) is 64.6 Å². The molecule has 4 nitrogen and oxygen atoms in total. The summed E-state index contributed by atoms with van der Waals surface area (Å²) < 4.78 is 0.471. The summed E-state index contributed by atoms with van der Waals surface area (Å²) >= 11 is 3.33. The van der Waals surface area contributed by atoms with Crippen LogP contribution >= 0.6 is 15.9 Å². The van der Waals surface area contributed by atoms with Crippen molar-refractivity contribution in [2.24, 2.45) is 17.3 Å². The average Bonchev–Trinajstić information content (AvgIpc) is 2.86. The molecule has 0 aliphatic heterocycles. The van der Waals surface area contributed by atoms with E-state index in [0.29, 0.717) is 16.3 Å². The molecule has 0 heterocycles. The van der Waals surface area contributed by atoms with E-state index in [-0.39, 0.29) is 17.2 Å². The standard InChI is InChI=1S/C19H25BrO4/c1-8(2)10-5-6-19(4)13(10)11-7-9(3)14(20)15(21)12(11)16(22)17(23)18(19)24/h7-8,10,13,17-18,21,23-24H,5-6H2,1-4H3. The van der Waals surface area contributed by atoms with Crippen molar-refractivity contribution >= 4 is 21.7 Å². The number of aliphatic hydroxyl groups is 2. The average molecular weight is 397 g/mol. The maximum Gasteiger partial charge on any atom is 0.198 e. The van der Waals surface area contributed by atoms with Gasteiger partial charge in [-0.25, -0.2) is 0 Å². The van der Waals surface area contributed by atoms with E-state index < -0.39 is 23.4 Å². The number of rotatable bonds is 1. The van der Waals surface area contributed by atoms with Gasteiger partial charge in [-0.15, -0.1) is 0 Å². The third-order valence-electron chi connectivity index (χ3n) is 6.29. The first-order valence-corrected chi connectivity index (χ1v) is 9.32. The minimum atomic E-state index is -1.51. The summed E-state index contributed by atoms with van der Waals surface area (Å²) in [5.41, 5.74) is 1.21. The molecule has 5 atom stereocenters. The van der Waals surface area contributed by atoms with Gasteiger partial charge in [-0.1, -0.05) is 26.8 Å². The number of halogens is 1. The highest BCUT2D eigenvalue weighted by atomic mass is 79.9. The Bertz CT molecular complexity index is 699. The van der Waals surface area contributed by atoms with Gasteiger partial charge >= 0.3 is 0 Å². The number of carbonyl (C=O) groups excluding carboxylic acids is 1. The molecule has 132 valence electrons. The number of hydrogen-bond acceptors (Lipinski definition) is 4. The summed E-state index contributed by atoms with van der Waals surface area (Å²) in [6, 6.07) is 1.94. The molecule has 1 aromatic rings. The molecule has 0 spiro atoms. The van der Waals surface area contributed by atoms with Gasteiger partial charge in [0.1, 0.15) is 11.9 Å². The van der Waals surface area contributed by atoms with Crippen LogP contribution in [0.25, 0.3) is 0 Å². The van der Waals surface area contributed by atoms with E-state index in [2.05, 4.69) is 29.8 Å². The fourth-order valence-corrected chi connectivity index (χ4v) is 5.20. The second kappa shape index (κ2) is 5.82. The number of ketones is 1. The minimum Gasteiger partial charge on any atom is -0.506 e. The minimum absolute atomic E-state index is 0.0682. The molecule has 3 N–H and O–H groups in total. The number of Topliss-reactive ketones (excluding diaryl/α,β-unsaturated/α-hetero) is 1. The Balaban J connectivity index is 2.35. The Morgan fingerprint density at radius 3 is 2.54 bits per heavy atom. The Kier molecular flexibility index (Phi) is 4.34. The van der Waals surface area contributed by atoms with Gasteiger partial charge in [0.05, 0.1) is 16.1 Å². The molecule has 0 saturated heterocycles. The van der Waals surface area contributed by atoms with Gasteiger partial charge in [0.25, 0.3) is 0 Å². The van der Waals surface area contributed by atoms with E-state index >= 15 is 0 Å². The lowest BCUT2D eigenvalue weighted by Crippen LogP contribution is -2.44. The molecule has 2 aliphatic carbocycles. The molecule has 24 heavy (non-hydrogen) atoms. The fourth-order valence-electron chi connectivity index (χ4n) is 4.88. The van der Waals surface area contributed by atoms with Crippen LogP contribution in [0.3, 0.4) is 0 Å². The first-order chi connectivity index (χ1) is 11.1. The number of phenols is 1. The maximum atomic E-state index is 12.8. The van der Waals surface area contributed by atoms with Crippen LogP contribution in [0, 0.1) is 24.2 Å². The van der Waals surface area contributed by atoms with E-state index in [9.17, 15) is 20.1 Å². The summed E-state index contributed by atoms with van der Waals surface area (Å²) in [4.78, 5) is 12.8. The Labute approximate surface area is 151 Å². The van der Waals surface area contributed by atoms with Crippen LogP contribution in [0.5, 0.6) is 5.75 Å². The molecule has 2 aliphatic rings. The summed E-state index contributed by atoms with van der Waals surface area (Å²) in [6.45, 7) is 8.14. The number of aryl methyl sites for hydroxylation is 1. The molecule has 5 unspecified atom stereocenters. The normalized spacial score (nSPS) is 35.8. The topological polar surface area (TPSA) is 77.8 Å². The van der Waals surface area contributed by atoms with Crippen LogP contribution in [0.1, 0.15) is 61.0 Å². The van der Waals surface area contributed by atoms with Crippen molar-refractivity contribution < 1.29 is 20.1 Å². The predicted octanol–water partition coefficient (Wildman–Crippen LogP) is 3.54. The maximum absolute atomic E-state index is 12.8. The van der Waals surface area contributed by atoms with Crippen LogP contribution in [0.15, 0.2) is 10.5 Å². The molecule has 5 heteroatoms. The highest BCUT2D eigenvalue weighted by molar-refractivity contribution is 9.10. The van der Waals surface area contributed by atoms with Gasteiger partial charge in [0.2, 0.25) is 0 Å². The van der Waals surface area contributed by atoms with E-state index in [1.54, 1.807) is 0 Å². The highest BCUT2D eigenvalue weighted by Crippen LogP contribution is 2.60. The third kappa shape index (κ3) is 2.28. The molecule has 1 fully saturated rings. The summed E-state index contributed by atoms with van der Waals surface area (Å²) in [7, 11) is 0. The molecular formula is C19H25BrO4. The van der Waals surface area contributed by atoms with E-state index in [4.69, 9.17) is 0 Å². The molecule has 0 amide bonds. The van der Waals surface area contributed by atoms with E-state index in [0.717, 1.165) is 24.0 Å². The van der Waals surface area contributed by atoms with Crippen LogP contribution in [0.4, 0.5) is 0 Å². The van der Waals surface area contributed by atoms with Gasteiger partial charge in [-0.2, -0.15) is 0 Å². The lowest BCUT2D eigenvalue weighted by Gasteiger charge is -2.39. The number of fused-ring (bicyclic) bond motifs is 3. The number of aromatic hydroxyl groups is 1. The third-order valence-corrected chi connectivity index (χ3v) is 7.29. The van der Waals surface area contributed by atoms with Crippen molar-refractivity contribution in [2.75, 3.05) is 0 Å². The van der Waals surface area contributed by atoms with Crippen molar-refractivity contribution in [3.05, 3.63) is 27.2 Å². The molecule has 1 saturated carbocycles. The summed E-state index contributed by atoms with van der Waals surface area (Å²) in [6.07, 6.45) is -0.956. The molecule has 0 radical (unpaired) electrons. The predicted molar refractivity (Wildman–Crippen MR) is 95.3 cm³/mol. The number of hydrogen-bond donors (Lipinski definition) is 3. The smallest absolute Gasteiger partial charge is 0.198 e. The molecule has 1 aromatic carbocycles. The van der Waals surface area contributed by atoms with Crippen molar-refractivity contribution in [1.29, 1.82) is 0 Å². The second-order valence-corrected chi connectivity index (χ2v) is 8.80. The van der Waals surface area contributed by atoms with E-state index in [1.165, 1.54) is 0 Å². The molecule has 0 bridgehead atoms. The molecule has 3 rings (SSSR count). The Morgan fingerprint density at radius 1 is 1.33 bits per heavy atom. The highest BCUT2D eigenvalue weighted by Gasteiger charge is 2.57. The monoisotopic (exact) mass is 396 g/mol. The van der Waals surface area contributed by atoms with Gasteiger partial charge in [-0.3, -0.25) is 4.79 Å². The second-order valence-electron chi connectivity index (χ2n) is 8.00. The number of carbonyl (C=O) groups is 1. The Morgan fingerprint density at radius 2 is 1.96 bits per heavy atom. The number of benzene rings is 1. The van der Waals surface area contributed by atoms with Gasteiger partial charge in [0, 0.05) is 5.41 Å². The van der Waals surface area contributed by atoms with Crippen molar-refractivity contribution in [2.45, 2.75) is 58.7 Å². The summed E-state index contributed by atoms with van der Waals surface area (Å²) in [5.74, 6) is -0.107. The van der Waals surface area contributed by atoms with E-state index in [1.807, 2.05) is 19.9 Å². The zero-order valence-corrected chi connectivity index (χ0v) is 16.1. The SMILES string of the molecule is Cc1cc2c(c(O)c1Br)C(=O)C(O)C(O)C1(C)CCC(C(C)C)C21. The number of phenolic OH excluding ortho intramolecular Hbond substituents is 1. The van der Waals surface area contributed by atoms with Crippen molar-refractivity contribution in [3.8, 4) is 5.75 Å². The quantitative estimate of drug-likeness (QED) is 0.678. The van der Waals surface area contributed by atoms with Crippen molar-refractivity contribution in [1.82, 2.24) is 0 Å². The lowest BCUT2D eigenvalue weighted by molar-refractivity contribution is -0.0493. The lowest BCUT2D eigenvalue weighted by atomic mass is 9.67. The fraction of sp³-hybridized carbons (Fsp3) is 0.632. The molecular weight excluding hydrogens is 372 g/mol. The number of aliphatic hydroxyl groups excluding tert-OH is 2.